The lowest BCUT2D eigenvalue weighted by atomic mass is 10.2. The third-order valence-corrected chi connectivity index (χ3v) is 9.46. The fraction of sp³-hybridized carbons (Fsp3) is 1.00. The summed E-state index contributed by atoms with van der Waals surface area (Å²) in [6.07, 6.45) is 5.25. The molecule has 0 aliphatic rings. The maximum absolute atomic E-state index is 6.05. The molecule has 0 radical (unpaired) electrons. The summed E-state index contributed by atoms with van der Waals surface area (Å²) in [5.74, 6) is 0. The van der Waals surface area contributed by atoms with E-state index in [0.29, 0.717) is 5.04 Å². The lowest BCUT2D eigenvalue weighted by Crippen LogP contribution is -2.46. The van der Waals surface area contributed by atoms with Crippen LogP contribution in [0.15, 0.2) is 0 Å². The first-order valence-electron chi connectivity index (χ1n) is 6.48. The first-order valence-corrected chi connectivity index (χ1v) is 8.81. The molecule has 0 aromatic rings. The smallest absolute Gasteiger partial charge is 0.197 e. The van der Waals surface area contributed by atoms with Crippen LogP contribution in [0.25, 0.3) is 0 Å². The Kier molecular flexibility index (Phi) is 6.77. The van der Waals surface area contributed by atoms with Crippen LogP contribution in [-0.2, 0) is 4.43 Å². The summed E-state index contributed by atoms with van der Waals surface area (Å²) < 4.78 is 6.05. The Balaban J connectivity index is 4.60. The number of hydrogen-bond donors (Lipinski definition) is 0. The van der Waals surface area contributed by atoms with Crippen LogP contribution in [0.3, 0.4) is 0 Å². The minimum Gasteiger partial charge on any atom is -0.419 e. The fourth-order valence-corrected chi connectivity index (χ4v) is 6.93. The first kappa shape index (κ1) is 15.2. The highest BCUT2D eigenvalue weighted by Crippen LogP contribution is 2.43. The molecule has 0 heterocycles. The molecule has 0 spiro atoms. The van der Waals surface area contributed by atoms with E-state index in [2.05, 4.69) is 34.6 Å². The van der Waals surface area contributed by atoms with Gasteiger partial charge in [0.1, 0.15) is 0 Å². The first-order chi connectivity index (χ1) is 6.93. The van der Waals surface area contributed by atoms with E-state index < -0.39 is 8.32 Å². The Morgan fingerprint density at radius 1 is 0.933 bits per heavy atom. The van der Waals surface area contributed by atoms with Crippen molar-refractivity contribution in [3.8, 4) is 0 Å². The summed E-state index contributed by atoms with van der Waals surface area (Å²) in [4.78, 5) is 0. The molecular weight excluding hydrogens is 200 g/mol. The zero-order valence-electron chi connectivity index (χ0n) is 11.7. The second-order valence-corrected chi connectivity index (χ2v) is 10.6. The van der Waals surface area contributed by atoms with Crippen LogP contribution in [0.1, 0.15) is 60.3 Å². The molecule has 15 heavy (non-hydrogen) atoms. The summed E-state index contributed by atoms with van der Waals surface area (Å²) in [6.45, 7) is 11.7. The van der Waals surface area contributed by atoms with E-state index in [1.165, 1.54) is 37.8 Å². The molecule has 0 amide bonds. The summed E-state index contributed by atoms with van der Waals surface area (Å²) >= 11 is 0. The molecule has 92 valence electrons. The van der Waals surface area contributed by atoms with Crippen molar-refractivity contribution >= 4 is 8.32 Å². The van der Waals surface area contributed by atoms with Crippen LogP contribution in [-0.4, -0.2) is 15.4 Å². The van der Waals surface area contributed by atoms with Crippen molar-refractivity contribution in [3.63, 3.8) is 0 Å². The topological polar surface area (TPSA) is 9.23 Å². The van der Waals surface area contributed by atoms with E-state index >= 15 is 0 Å². The van der Waals surface area contributed by atoms with Crippen molar-refractivity contribution in [2.45, 2.75) is 77.4 Å². The number of hydrogen-bond acceptors (Lipinski definition) is 1. The molecule has 0 aromatic heterocycles. The van der Waals surface area contributed by atoms with Gasteiger partial charge in [0, 0.05) is 7.11 Å². The van der Waals surface area contributed by atoms with Gasteiger partial charge in [-0.3, -0.25) is 0 Å². The van der Waals surface area contributed by atoms with Crippen LogP contribution in [0.5, 0.6) is 0 Å². The van der Waals surface area contributed by atoms with Gasteiger partial charge >= 0.3 is 0 Å². The van der Waals surface area contributed by atoms with Gasteiger partial charge in [0.2, 0.25) is 0 Å². The van der Waals surface area contributed by atoms with Gasteiger partial charge in [-0.15, -0.1) is 0 Å². The molecule has 0 fully saturated rings. The van der Waals surface area contributed by atoms with E-state index in [-0.39, 0.29) is 0 Å². The van der Waals surface area contributed by atoms with Gasteiger partial charge in [-0.1, -0.05) is 60.3 Å². The molecule has 0 aromatic carbocycles. The minimum atomic E-state index is -1.51. The largest absolute Gasteiger partial charge is 0.419 e. The average molecular weight is 230 g/mol. The Morgan fingerprint density at radius 2 is 1.33 bits per heavy atom. The summed E-state index contributed by atoms with van der Waals surface area (Å²) in [7, 11) is 0.434. The van der Waals surface area contributed by atoms with Crippen molar-refractivity contribution in [2.75, 3.05) is 7.11 Å². The predicted octanol–water partition coefficient (Wildman–Crippen LogP) is 4.98. The zero-order valence-corrected chi connectivity index (χ0v) is 12.7. The van der Waals surface area contributed by atoms with Crippen LogP contribution in [0, 0.1) is 0 Å². The van der Waals surface area contributed by atoms with Gasteiger partial charge in [-0.2, -0.15) is 0 Å². The van der Waals surface area contributed by atoms with Crippen molar-refractivity contribution < 1.29 is 4.43 Å². The molecule has 1 nitrogen and oxygen atoms in total. The van der Waals surface area contributed by atoms with Crippen LogP contribution >= 0.6 is 0 Å². The van der Waals surface area contributed by atoms with E-state index in [9.17, 15) is 0 Å². The van der Waals surface area contributed by atoms with E-state index in [1.54, 1.807) is 0 Å². The molecule has 0 aliphatic carbocycles. The quantitative estimate of drug-likeness (QED) is 0.561. The summed E-state index contributed by atoms with van der Waals surface area (Å²) in [5, 5.41) is 0.381. The number of rotatable bonds is 7. The lowest BCUT2D eigenvalue weighted by molar-refractivity contribution is 0.353. The van der Waals surface area contributed by atoms with Crippen molar-refractivity contribution in [1.82, 2.24) is 0 Å². The van der Waals surface area contributed by atoms with Crippen LogP contribution in [0.2, 0.25) is 17.1 Å². The molecular formula is C13H30OSi. The molecule has 0 saturated heterocycles. The molecule has 0 saturated carbocycles. The Labute approximate surface area is 97.7 Å². The Hall–Kier alpha value is 0.177. The SMILES string of the molecule is CCCC[Si](CCCC)(OC)C(C)(C)C. The van der Waals surface area contributed by atoms with Crippen molar-refractivity contribution in [3.05, 3.63) is 0 Å². The normalized spacial score (nSPS) is 13.2. The minimum absolute atomic E-state index is 0.381. The van der Waals surface area contributed by atoms with Gasteiger partial charge in [-0.05, 0) is 17.1 Å². The Morgan fingerprint density at radius 3 is 1.53 bits per heavy atom. The van der Waals surface area contributed by atoms with Gasteiger partial charge < -0.3 is 4.43 Å². The highest BCUT2D eigenvalue weighted by Gasteiger charge is 2.44. The summed E-state index contributed by atoms with van der Waals surface area (Å²) in [6, 6.07) is 2.67. The van der Waals surface area contributed by atoms with Crippen LogP contribution in [0.4, 0.5) is 0 Å². The third kappa shape index (κ3) is 4.27. The highest BCUT2D eigenvalue weighted by molar-refractivity contribution is 6.76. The third-order valence-electron chi connectivity index (χ3n) is 3.63. The van der Waals surface area contributed by atoms with E-state index in [4.69, 9.17) is 4.43 Å². The molecule has 2 heteroatoms. The molecule has 0 rings (SSSR count). The second kappa shape index (κ2) is 6.69. The molecule has 0 bridgehead atoms. The molecule has 0 atom stereocenters. The monoisotopic (exact) mass is 230 g/mol. The second-order valence-electron chi connectivity index (χ2n) is 5.66. The highest BCUT2D eigenvalue weighted by atomic mass is 28.4. The molecule has 0 N–H and O–H groups in total. The van der Waals surface area contributed by atoms with E-state index in [1.807, 2.05) is 7.11 Å². The van der Waals surface area contributed by atoms with E-state index in [0.717, 1.165) is 0 Å². The van der Waals surface area contributed by atoms with Gasteiger partial charge in [0.05, 0.1) is 0 Å². The summed E-state index contributed by atoms with van der Waals surface area (Å²) in [5.41, 5.74) is 0. The van der Waals surface area contributed by atoms with Crippen molar-refractivity contribution in [2.24, 2.45) is 0 Å². The average Bonchev–Trinajstić information content (AvgIpc) is 2.17. The predicted molar refractivity (Wildman–Crippen MR) is 71.9 cm³/mol. The maximum Gasteiger partial charge on any atom is 0.197 e. The molecule has 0 unspecified atom stereocenters. The lowest BCUT2D eigenvalue weighted by Gasteiger charge is -2.41. The van der Waals surface area contributed by atoms with Crippen LogP contribution < -0.4 is 0 Å². The number of unbranched alkanes of at least 4 members (excludes halogenated alkanes) is 2. The standard InChI is InChI=1S/C13H30OSi/c1-7-9-11-15(14-6,12-10-8-2)13(3,4)5/h7-12H2,1-6H3. The maximum atomic E-state index is 6.05. The van der Waals surface area contributed by atoms with Gasteiger partial charge in [-0.25, -0.2) is 0 Å². The van der Waals surface area contributed by atoms with Crippen molar-refractivity contribution in [1.29, 1.82) is 0 Å². The molecule has 0 aliphatic heterocycles. The van der Waals surface area contributed by atoms with Gasteiger partial charge in [0.25, 0.3) is 0 Å². The fourth-order valence-electron chi connectivity index (χ4n) is 2.31. The van der Waals surface area contributed by atoms with Gasteiger partial charge in [0.15, 0.2) is 8.32 Å². The zero-order chi connectivity index (χ0) is 11.9. The Bertz CT molecular complexity index is 152.